The van der Waals surface area contributed by atoms with Gasteiger partial charge in [-0.3, -0.25) is 9.59 Å². The summed E-state index contributed by atoms with van der Waals surface area (Å²) < 4.78 is 0. The number of benzene rings is 2. The molecule has 0 bridgehead atoms. The number of hydrogen-bond acceptors (Lipinski definition) is 6. The summed E-state index contributed by atoms with van der Waals surface area (Å²) in [6.45, 7) is 5.04. The molecule has 0 aliphatic carbocycles. The molecule has 2 amide bonds. The topological polar surface area (TPSA) is 123 Å². The lowest BCUT2D eigenvalue weighted by Gasteiger charge is -2.08. The molecule has 8 nitrogen and oxygen atoms in total. The van der Waals surface area contributed by atoms with Gasteiger partial charge in [0.2, 0.25) is 11.8 Å². The van der Waals surface area contributed by atoms with Gasteiger partial charge in [-0.25, -0.2) is 0 Å². The number of phenols is 2. The van der Waals surface area contributed by atoms with Crippen molar-refractivity contribution in [1.29, 1.82) is 0 Å². The van der Waals surface area contributed by atoms with Gasteiger partial charge in [-0.1, -0.05) is 55.7 Å². The van der Waals surface area contributed by atoms with E-state index in [0.717, 1.165) is 51.9 Å². The molecule has 6 N–H and O–H groups in total. The maximum absolute atomic E-state index is 11.9. The minimum Gasteiger partial charge on any atom is -0.508 e. The second-order valence-corrected chi connectivity index (χ2v) is 9.29. The standard InChI is InChI=1S/C29H44N4O4/c34-26-14-6-4-12-24(26)22-28(36)32-20-10-18-30-16-8-2-1-3-9-17-31-19-11-21-33-29(37)23-25-13-5-7-15-27(25)35/h4-7,12-15,30-31,34-35H,1-3,8-11,16-23H2,(H,32,36)(H,33,37). The van der Waals surface area contributed by atoms with Crippen molar-refractivity contribution in [1.82, 2.24) is 21.3 Å². The number of amides is 2. The maximum Gasteiger partial charge on any atom is 0.224 e. The monoisotopic (exact) mass is 512 g/mol. The van der Waals surface area contributed by atoms with Gasteiger partial charge in [-0.2, -0.15) is 0 Å². The van der Waals surface area contributed by atoms with Crippen molar-refractivity contribution < 1.29 is 19.8 Å². The zero-order valence-corrected chi connectivity index (χ0v) is 21.9. The number of hydrogen-bond donors (Lipinski definition) is 6. The Bertz CT molecular complexity index is 849. The first-order chi connectivity index (χ1) is 18.1. The number of rotatable bonds is 20. The van der Waals surface area contributed by atoms with E-state index in [0.29, 0.717) is 24.2 Å². The van der Waals surface area contributed by atoms with Crippen LogP contribution in [-0.2, 0) is 22.4 Å². The van der Waals surface area contributed by atoms with E-state index >= 15 is 0 Å². The fourth-order valence-electron chi connectivity index (χ4n) is 3.95. The number of aromatic hydroxyl groups is 2. The summed E-state index contributed by atoms with van der Waals surface area (Å²) in [4.78, 5) is 23.9. The van der Waals surface area contributed by atoms with Crippen LogP contribution in [0.5, 0.6) is 11.5 Å². The second kappa shape index (κ2) is 19.1. The SMILES string of the molecule is O=C(Cc1ccccc1O)NCCCNCCCCCCCNCCCNC(=O)Cc1ccccc1O. The van der Waals surface area contributed by atoms with Crippen molar-refractivity contribution in [3.05, 3.63) is 59.7 Å². The van der Waals surface area contributed by atoms with Gasteiger partial charge in [0.1, 0.15) is 11.5 Å². The van der Waals surface area contributed by atoms with Gasteiger partial charge >= 0.3 is 0 Å². The highest BCUT2D eigenvalue weighted by Crippen LogP contribution is 2.16. The summed E-state index contributed by atoms with van der Waals surface area (Å²) in [6, 6.07) is 13.8. The minimum atomic E-state index is -0.0662. The molecule has 0 unspecified atom stereocenters. The Morgan fingerprint density at radius 1 is 0.514 bits per heavy atom. The average Bonchev–Trinajstić information content (AvgIpc) is 2.88. The highest BCUT2D eigenvalue weighted by molar-refractivity contribution is 5.79. The van der Waals surface area contributed by atoms with Crippen LogP contribution in [0.15, 0.2) is 48.5 Å². The van der Waals surface area contributed by atoms with Crippen LogP contribution >= 0.6 is 0 Å². The van der Waals surface area contributed by atoms with Gasteiger partial charge in [0, 0.05) is 24.2 Å². The molecule has 0 saturated heterocycles. The number of phenolic OH excluding ortho intramolecular Hbond substituents is 2. The lowest BCUT2D eigenvalue weighted by Crippen LogP contribution is -2.28. The molecule has 0 heterocycles. The maximum atomic E-state index is 11.9. The van der Waals surface area contributed by atoms with E-state index in [4.69, 9.17) is 0 Å². The highest BCUT2D eigenvalue weighted by atomic mass is 16.3. The molecule has 2 aromatic rings. The van der Waals surface area contributed by atoms with E-state index in [-0.39, 0.29) is 36.2 Å². The van der Waals surface area contributed by atoms with E-state index in [2.05, 4.69) is 21.3 Å². The molecule has 0 radical (unpaired) electrons. The van der Waals surface area contributed by atoms with Crippen molar-refractivity contribution in [2.75, 3.05) is 39.3 Å². The summed E-state index contributed by atoms with van der Waals surface area (Å²) in [7, 11) is 0. The van der Waals surface area contributed by atoms with Crippen molar-refractivity contribution in [2.45, 2.75) is 57.8 Å². The predicted octanol–water partition coefficient (Wildman–Crippen LogP) is 3.03. The van der Waals surface area contributed by atoms with Crippen LogP contribution in [0.1, 0.15) is 56.1 Å². The Labute approximate surface area is 221 Å². The first kappa shape index (κ1) is 30.1. The largest absolute Gasteiger partial charge is 0.508 e. The average molecular weight is 513 g/mol. The third-order valence-electron chi connectivity index (χ3n) is 6.10. The van der Waals surface area contributed by atoms with E-state index in [1.807, 2.05) is 12.1 Å². The third kappa shape index (κ3) is 14.3. The Balaban J connectivity index is 1.29. The molecule has 37 heavy (non-hydrogen) atoms. The fourth-order valence-corrected chi connectivity index (χ4v) is 3.95. The van der Waals surface area contributed by atoms with Gasteiger partial charge in [0.15, 0.2) is 0 Å². The normalized spacial score (nSPS) is 10.8. The van der Waals surface area contributed by atoms with Crippen LogP contribution in [0.25, 0.3) is 0 Å². The Morgan fingerprint density at radius 3 is 1.32 bits per heavy atom. The zero-order chi connectivity index (χ0) is 26.6. The van der Waals surface area contributed by atoms with Gasteiger partial charge in [-0.15, -0.1) is 0 Å². The first-order valence-corrected chi connectivity index (χ1v) is 13.5. The predicted molar refractivity (Wildman–Crippen MR) is 148 cm³/mol. The summed E-state index contributed by atoms with van der Waals surface area (Å²) >= 11 is 0. The number of para-hydroxylation sites is 2. The van der Waals surface area contributed by atoms with E-state index in [9.17, 15) is 19.8 Å². The summed E-state index contributed by atoms with van der Waals surface area (Å²) in [5, 5.41) is 32.1. The van der Waals surface area contributed by atoms with Crippen molar-refractivity contribution in [2.24, 2.45) is 0 Å². The fraction of sp³-hybridized carbons (Fsp3) is 0.517. The van der Waals surface area contributed by atoms with Gasteiger partial charge in [0.25, 0.3) is 0 Å². The first-order valence-electron chi connectivity index (χ1n) is 13.5. The van der Waals surface area contributed by atoms with Crippen molar-refractivity contribution in [3.8, 4) is 11.5 Å². The number of nitrogens with one attached hydrogen (secondary N) is 4. The molecule has 0 aliphatic heterocycles. The van der Waals surface area contributed by atoms with Crippen LogP contribution in [0.2, 0.25) is 0 Å². The Hall–Kier alpha value is -3.10. The number of carbonyl (C=O) groups is 2. The Kier molecular flexibility index (Phi) is 15.5. The number of unbranched alkanes of at least 4 members (excludes halogenated alkanes) is 4. The second-order valence-electron chi connectivity index (χ2n) is 9.29. The van der Waals surface area contributed by atoms with Crippen LogP contribution < -0.4 is 21.3 Å². The number of carbonyl (C=O) groups excluding carboxylic acids is 2. The Morgan fingerprint density at radius 2 is 0.892 bits per heavy atom. The molecule has 204 valence electrons. The summed E-state index contributed by atoms with van der Waals surface area (Å²) in [5.74, 6) is 0.194. The van der Waals surface area contributed by atoms with E-state index in [1.165, 1.54) is 19.3 Å². The van der Waals surface area contributed by atoms with Gasteiger partial charge < -0.3 is 31.5 Å². The van der Waals surface area contributed by atoms with Crippen LogP contribution in [-0.4, -0.2) is 61.3 Å². The van der Waals surface area contributed by atoms with E-state index in [1.54, 1.807) is 36.4 Å². The lowest BCUT2D eigenvalue weighted by molar-refractivity contribution is -0.121. The molecule has 8 heteroatoms. The van der Waals surface area contributed by atoms with Crippen molar-refractivity contribution >= 4 is 11.8 Å². The van der Waals surface area contributed by atoms with E-state index < -0.39 is 0 Å². The van der Waals surface area contributed by atoms with Crippen molar-refractivity contribution in [3.63, 3.8) is 0 Å². The molecule has 0 fully saturated rings. The smallest absolute Gasteiger partial charge is 0.224 e. The third-order valence-corrected chi connectivity index (χ3v) is 6.10. The van der Waals surface area contributed by atoms with Gasteiger partial charge in [-0.05, 0) is 64.0 Å². The van der Waals surface area contributed by atoms with Crippen LogP contribution in [0, 0.1) is 0 Å². The van der Waals surface area contributed by atoms with Crippen LogP contribution in [0.4, 0.5) is 0 Å². The molecule has 0 aromatic heterocycles. The highest BCUT2D eigenvalue weighted by Gasteiger charge is 2.07. The molecule has 0 saturated carbocycles. The van der Waals surface area contributed by atoms with Crippen LogP contribution in [0.3, 0.4) is 0 Å². The quantitative estimate of drug-likeness (QED) is 0.152. The molecular weight excluding hydrogens is 468 g/mol. The molecule has 0 aliphatic rings. The molecular formula is C29H44N4O4. The minimum absolute atomic E-state index is 0.0662. The molecule has 0 atom stereocenters. The zero-order valence-electron chi connectivity index (χ0n) is 21.9. The van der Waals surface area contributed by atoms with Gasteiger partial charge in [0.05, 0.1) is 12.8 Å². The summed E-state index contributed by atoms with van der Waals surface area (Å²) in [5.41, 5.74) is 1.30. The summed E-state index contributed by atoms with van der Waals surface area (Å²) in [6.07, 6.45) is 8.17. The lowest BCUT2D eigenvalue weighted by atomic mass is 10.1. The molecule has 0 spiro atoms. The molecule has 2 aromatic carbocycles. The molecule has 2 rings (SSSR count).